The van der Waals surface area contributed by atoms with Gasteiger partial charge in [0, 0.05) is 31.0 Å². The van der Waals surface area contributed by atoms with E-state index in [1.807, 2.05) is 78.9 Å². The minimum absolute atomic E-state index is 0.0627. The molecule has 3 N–H and O–H groups in total. The number of rotatable bonds is 10. The number of carbonyl (C=O) groups excluding carboxylic acids is 4. The molecule has 0 bridgehead atoms. The summed E-state index contributed by atoms with van der Waals surface area (Å²) < 4.78 is 12.5. The first-order chi connectivity index (χ1) is 22.2. The molecule has 4 rings (SSSR count). The second kappa shape index (κ2) is 15.0. The van der Waals surface area contributed by atoms with E-state index in [1.165, 1.54) is 4.57 Å². The average Bonchev–Trinajstić information content (AvgIpc) is 3.37. The zero-order valence-corrected chi connectivity index (χ0v) is 27.8. The number of hydrogen-bond acceptors (Lipinski definition) is 6. The third-order valence-electron chi connectivity index (χ3n) is 7.04. The van der Waals surface area contributed by atoms with Crippen LogP contribution in [0.5, 0.6) is 0 Å². The molecule has 1 heterocycles. The van der Waals surface area contributed by atoms with Crippen molar-refractivity contribution in [3.63, 3.8) is 0 Å². The smallest absolute Gasteiger partial charge is 0.419 e. The third-order valence-corrected chi connectivity index (χ3v) is 7.04. The van der Waals surface area contributed by atoms with Gasteiger partial charge in [-0.3, -0.25) is 14.2 Å². The highest BCUT2D eigenvalue weighted by Gasteiger charge is 2.30. The quantitative estimate of drug-likeness (QED) is 0.198. The van der Waals surface area contributed by atoms with Gasteiger partial charge in [0.25, 0.3) is 0 Å². The van der Waals surface area contributed by atoms with Crippen molar-refractivity contribution in [2.75, 3.05) is 0 Å². The number of aromatic nitrogens is 1. The number of para-hydroxylation sites is 1. The number of fused-ring (bicyclic) bond motifs is 1. The van der Waals surface area contributed by atoms with Crippen molar-refractivity contribution >= 4 is 34.9 Å². The largest absolute Gasteiger partial charge is 0.444 e. The molecule has 10 heteroatoms. The summed E-state index contributed by atoms with van der Waals surface area (Å²) in [6.45, 7) is 10.8. The second-order valence-electron chi connectivity index (χ2n) is 13.4. The van der Waals surface area contributed by atoms with Crippen LogP contribution in [-0.2, 0) is 38.4 Å². The van der Waals surface area contributed by atoms with Crippen LogP contribution in [0.3, 0.4) is 0 Å². The summed E-state index contributed by atoms with van der Waals surface area (Å²) in [4.78, 5) is 53.7. The highest BCUT2D eigenvalue weighted by molar-refractivity contribution is 5.94. The Morgan fingerprint density at radius 2 is 1.21 bits per heavy atom. The maximum Gasteiger partial charge on any atom is 0.419 e. The number of carbonyl (C=O) groups is 4. The summed E-state index contributed by atoms with van der Waals surface area (Å²) in [6.07, 6.45) is 0.565. The molecule has 3 amide bonds. The number of hydrogen-bond donors (Lipinski definition) is 3. The number of nitrogens with zero attached hydrogens (tertiary/aromatic N) is 1. The van der Waals surface area contributed by atoms with Gasteiger partial charge in [-0.1, -0.05) is 78.9 Å². The van der Waals surface area contributed by atoms with E-state index in [0.29, 0.717) is 11.1 Å². The van der Waals surface area contributed by atoms with Crippen LogP contribution in [0, 0.1) is 0 Å². The molecule has 4 aromatic rings. The van der Waals surface area contributed by atoms with Gasteiger partial charge in [-0.2, -0.15) is 0 Å². The van der Waals surface area contributed by atoms with Gasteiger partial charge in [0.15, 0.2) is 0 Å². The molecule has 248 valence electrons. The zero-order valence-electron chi connectivity index (χ0n) is 27.8. The van der Waals surface area contributed by atoms with Gasteiger partial charge in [-0.25, -0.2) is 9.59 Å². The molecular formula is C37H44N4O6. The molecule has 2 atom stereocenters. The standard InChI is InChI=1S/C37H44N4O6/c1-36(2,3)46-34(44)40-29(21-25-15-9-7-10-16-25)33(43)39-30(32(42)38-23-26-17-11-8-12-18-26)22-27-24-41(35(45)47-37(4,5)6)31-20-14-13-19-28(27)31/h7-20,24,29-30H,21-23H2,1-6H3,(H,38,42)(H,39,43)(H,40,44)/t29-,30-/m0/s1. The van der Waals surface area contributed by atoms with Crippen LogP contribution in [0.2, 0.25) is 0 Å². The van der Waals surface area contributed by atoms with E-state index in [1.54, 1.807) is 53.8 Å². The first kappa shape index (κ1) is 34.7. The second-order valence-corrected chi connectivity index (χ2v) is 13.4. The van der Waals surface area contributed by atoms with Gasteiger partial charge in [-0.15, -0.1) is 0 Å². The van der Waals surface area contributed by atoms with Crippen molar-refractivity contribution in [1.82, 2.24) is 20.5 Å². The summed E-state index contributed by atoms with van der Waals surface area (Å²) >= 11 is 0. The van der Waals surface area contributed by atoms with Crippen LogP contribution in [0.4, 0.5) is 9.59 Å². The Kier molecular flexibility index (Phi) is 11.1. The van der Waals surface area contributed by atoms with Crippen LogP contribution in [0.1, 0.15) is 58.2 Å². The fourth-order valence-corrected chi connectivity index (χ4v) is 4.99. The highest BCUT2D eigenvalue weighted by Crippen LogP contribution is 2.24. The summed E-state index contributed by atoms with van der Waals surface area (Å²) in [5, 5.41) is 9.24. The van der Waals surface area contributed by atoms with E-state index in [2.05, 4.69) is 16.0 Å². The number of benzene rings is 3. The lowest BCUT2D eigenvalue weighted by Gasteiger charge is -2.25. The Morgan fingerprint density at radius 3 is 1.83 bits per heavy atom. The van der Waals surface area contributed by atoms with Crippen molar-refractivity contribution in [2.45, 2.75) is 84.2 Å². The SMILES string of the molecule is CC(C)(C)OC(=O)N[C@@H](Cc1ccccc1)C(=O)N[C@@H](Cc1cn(C(=O)OC(C)(C)C)c2ccccc12)C(=O)NCc1ccccc1. The monoisotopic (exact) mass is 640 g/mol. The first-order valence-corrected chi connectivity index (χ1v) is 15.7. The van der Waals surface area contributed by atoms with Crippen molar-refractivity contribution in [3.8, 4) is 0 Å². The van der Waals surface area contributed by atoms with Gasteiger partial charge >= 0.3 is 12.2 Å². The van der Waals surface area contributed by atoms with Crippen LogP contribution in [0.25, 0.3) is 10.9 Å². The lowest BCUT2D eigenvalue weighted by Crippen LogP contribution is -2.55. The Bertz CT molecular complexity index is 1690. The fourth-order valence-electron chi connectivity index (χ4n) is 4.99. The lowest BCUT2D eigenvalue weighted by molar-refractivity contribution is -0.130. The Morgan fingerprint density at radius 1 is 0.660 bits per heavy atom. The molecule has 3 aromatic carbocycles. The van der Waals surface area contributed by atoms with E-state index < -0.39 is 47.3 Å². The van der Waals surface area contributed by atoms with E-state index in [-0.39, 0.29) is 19.4 Å². The van der Waals surface area contributed by atoms with Crippen LogP contribution >= 0.6 is 0 Å². The van der Waals surface area contributed by atoms with Gasteiger partial charge in [0.2, 0.25) is 11.8 Å². The minimum Gasteiger partial charge on any atom is -0.444 e. The van der Waals surface area contributed by atoms with Crippen molar-refractivity contribution < 1.29 is 28.7 Å². The number of ether oxygens (including phenoxy) is 2. The molecule has 0 spiro atoms. The van der Waals surface area contributed by atoms with Crippen molar-refractivity contribution in [3.05, 3.63) is 108 Å². The number of amides is 3. The predicted molar refractivity (Wildman–Crippen MR) is 181 cm³/mol. The van der Waals surface area contributed by atoms with E-state index in [0.717, 1.165) is 16.5 Å². The van der Waals surface area contributed by atoms with Gasteiger partial charge in [0.1, 0.15) is 23.3 Å². The number of alkyl carbamates (subject to hydrolysis) is 1. The summed E-state index contributed by atoms with van der Waals surface area (Å²) in [7, 11) is 0. The first-order valence-electron chi connectivity index (χ1n) is 15.7. The molecule has 0 unspecified atom stereocenters. The Labute approximate surface area is 275 Å². The van der Waals surface area contributed by atoms with Crippen LogP contribution in [0.15, 0.2) is 91.1 Å². The topological polar surface area (TPSA) is 128 Å². The normalized spacial score (nSPS) is 12.9. The molecule has 10 nitrogen and oxygen atoms in total. The Balaban J connectivity index is 1.65. The maximum absolute atomic E-state index is 13.9. The molecule has 0 saturated heterocycles. The van der Waals surface area contributed by atoms with Crippen LogP contribution < -0.4 is 16.0 Å². The van der Waals surface area contributed by atoms with Gasteiger partial charge in [-0.05, 0) is 64.3 Å². The van der Waals surface area contributed by atoms with Crippen molar-refractivity contribution in [2.24, 2.45) is 0 Å². The lowest BCUT2D eigenvalue weighted by atomic mass is 10.0. The molecule has 47 heavy (non-hydrogen) atoms. The summed E-state index contributed by atoms with van der Waals surface area (Å²) in [6, 6.07) is 23.9. The summed E-state index contributed by atoms with van der Waals surface area (Å²) in [5.41, 5.74) is 1.48. The number of nitrogens with one attached hydrogen (secondary N) is 3. The highest BCUT2D eigenvalue weighted by atomic mass is 16.6. The van der Waals surface area contributed by atoms with Crippen molar-refractivity contribution in [1.29, 1.82) is 0 Å². The molecule has 0 aliphatic heterocycles. The molecule has 0 aliphatic rings. The maximum atomic E-state index is 13.9. The Hall–Kier alpha value is -5.12. The van der Waals surface area contributed by atoms with Gasteiger partial charge in [0.05, 0.1) is 5.52 Å². The predicted octanol–water partition coefficient (Wildman–Crippen LogP) is 5.90. The van der Waals surface area contributed by atoms with Gasteiger partial charge < -0.3 is 25.4 Å². The molecule has 0 saturated carbocycles. The molecule has 0 aliphatic carbocycles. The zero-order chi connectivity index (χ0) is 34.2. The van der Waals surface area contributed by atoms with E-state index in [4.69, 9.17) is 9.47 Å². The summed E-state index contributed by atoms with van der Waals surface area (Å²) in [5.74, 6) is -0.984. The average molecular weight is 641 g/mol. The van der Waals surface area contributed by atoms with E-state index in [9.17, 15) is 19.2 Å². The molecular weight excluding hydrogens is 596 g/mol. The minimum atomic E-state index is -1.05. The van der Waals surface area contributed by atoms with E-state index >= 15 is 0 Å². The van der Waals surface area contributed by atoms with Crippen LogP contribution in [-0.4, -0.2) is 51.9 Å². The third kappa shape index (κ3) is 10.5. The molecule has 0 radical (unpaired) electrons. The molecule has 1 aromatic heterocycles. The fraction of sp³-hybridized carbons (Fsp3) is 0.351. The molecule has 0 fully saturated rings.